The molecule has 1 amide bonds. The van der Waals surface area contributed by atoms with Crippen LogP contribution >= 0.6 is 0 Å². The van der Waals surface area contributed by atoms with Crippen LogP contribution in [0.25, 0.3) is 0 Å². The highest BCUT2D eigenvalue weighted by Gasteiger charge is 2.20. The minimum absolute atomic E-state index is 0.0459. The fraction of sp³-hybridized carbons (Fsp3) is 0.643. The van der Waals surface area contributed by atoms with E-state index in [1.165, 1.54) is 0 Å². The summed E-state index contributed by atoms with van der Waals surface area (Å²) < 4.78 is 9.62. The summed E-state index contributed by atoms with van der Waals surface area (Å²) in [5, 5.41) is 2.64. The number of rotatable bonds is 6. The fourth-order valence-electron chi connectivity index (χ4n) is 1.04. The van der Waals surface area contributed by atoms with Gasteiger partial charge in [0.2, 0.25) is 5.91 Å². The van der Waals surface area contributed by atoms with Gasteiger partial charge in [-0.15, -0.1) is 0 Å². The van der Waals surface area contributed by atoms with Crippen molar-refractivity contribution in [3.05, 3.63) is 12.2 Å². The van der Waals surface area contributed by atoms with Crippen molar-refractivity contribution < 1.29 is 23.9 Å². The van der Waals surface area contributed by atoms with Gasteiger partial charge in [-0.3, -0.25) is 4.79 Å². The molecule has 0 aromatic rings. The zero-order chi connectivity index (χ0) is 15.8. The van der Waals surface area contributed by atoms with Gasteiger partial charge in [0, 0.05) is 17.6 Å². The minimum atomic E-state index is -0.657. The molecule has 0 heterocycles. The molecule has 0 aliphatic heterocycles. The van der Waals surface area contributed by atoms with E-state index < -0.39 is 17.4 Å². The van der Waals surface area contributed by atoms with Gasteiger partial charge in [-0.2, -0.15) is 0 Å². The molecule has 6 heteroatoms. The van der Waals surface area contributed by atoms with Crippen LogP contribution < -0.4 is 5.32 Å². The first-order chi connectivity index (χ1) is 9.12. The van der Waals surface area contributed by atoms with Crippen molar-refractivity contribution in [2.24, 2.45) is 5.41 Å². The zero-order valence-electron chi connectivity index (χ0n) is 12.7. The second kappa shape index (κ2) is 8.35. The van der Waals surface area contributed by atoms with Crippen molar-refractivity contribution >= 4 is 17.8 Å². The lowest BCUT2D eigenvalue weighted by Crippen LogP contribution is -2.36. The predicted octanol–water partition coefficient (Wildman–Crippen LogP) is 1.20. The Hall–Kier alpha value is -1.85. The Labute approximate surface area is 119 Å². The molecule has 1 N–H and O–H groups in total. The van der Waals surface area contributed by atoms with E-state index in [1.807, 2.05) is 0 Å². The molecule has 0 bridgehead atoms. The molecule has 0 fully saturated rings. The van der Waals surface area contributed by atoms with E-state index in [-0.39, 0.29) is 25.2 Å². The highest BCUT2D eigenvalue weighted by Crippen LogP contribution is 2.11. The molecule has 0 saturated carbocycles. The first-order valence-electron chi connectivity index (χ1n) is 6.46. The second-order valence-corrected chi connectivity index (χ2v) is 5.49. The van der Waals surface area contributed by atoms with Crippen molar-refractivity contribution in [1.82, 2.24) is 5.32 Å². The van der Waals surface area contributed by atoms with E-state index in [9.17, 15) is 14.4 Å². The van der Waals surface area contributed by atoms with Gasteiger partial charge in [0.1, 0.15) is 6.61 Å². The Morgan fingerprint density at radius 1 is 1.10 bits per heavy atom. The van der Waals surface area contributed by atoms with Crippen molar-refractivity contribution in [2.75, 3.05) is 13.2 Å². The molecule has 0 aliphatic carbocycles. The van der Waals surface area contributed by atoms with Crippen LogP contribution in [0.4, 0.5) is 0 Å². The maximum Gasteiger partial charge on any atom is 0.331 e. The fourth-order valence-corrected chi connectivity index (χ4v) is 1.04. The van der Waals surface area contributed by atoms with Gasteiger partial charge >= 0.3 is 11.9 Å². The van der Waals surface area contributed by atoms with E-state index in [0.29, 0.717) is 0 Å². The summed E-state index contributed by atoms with van der Waals surface area (Å²) >= 11 is 0. The summed E-state index contributed by atoms with van der Waals surface area (Å²) in [6, 6.07) is 0. The first kappa shape index (κ1) is 18.1. The van der Waals surface area contributed by atoms with Crippen LogP contribution in [0.2, 0.25) is 0 Å². The lowest BCUT2D eigenvalue weighted by Gasteiger charge is -2.17. The monoisotopic (exact) mass is 285 g/mol. The van der Waals surface area contributed by atoms with Crippen LogP contribution in [0.5, 0.6) is 0 Å². The van der Waals surface area contributed by atoms with Crippen LogP contribution in [-0.2, 0) is 23.9 Å². The van der Waals surface area contributed by atoms with Gasteiger partial charge in [-0.05, 0) is 13.8 Å². The molecule has 0 radical (unpaired) electrons. The summed E-state index contributed by atoms with van der Waals surface area (Å²) in [5.41, 5.74) is -0.482. The van der Waals surface area contributed by atoms with Gasteiger partial charge in [0.25, 0.3) is 0 Å². The van der Waals surface area contributed by atoms with E-state index in [1.54, 1.807) is 34.6 Å². The third-order valence-corrected chi connectivity index (χ3v) is 2.02. The minimum Gasteiger partial charge on any atom is -0.461 e. The van der Waals surface area contributed by atoms with Gasteiger partial charge in [0.05, 0.1) is 12.6 Å². The van der Waals surface area contributed by atoms with Crippen LogP contribution in [-0.4, -0.2) is 37.1 Å². The number of amides is 1. The average Bonchev–Trinajstić information content (AvgIpc) is 2.29. The molecule has 6 nitrogen and oxygen atoms in total. The average molecular weight is 285 g/mol. The molecule has 114 valence electrons. The zero-order valence-corrected chi connectivity index (χ0v) is 12.7. The van der Waals surface area contributed by atoms with E-state index in [2.05, 4.69) is 5.32 Å². The molecule has 0 spiro atoms. The maximum absolute atomic E-state index is 11.5. The SMILES string of the molecule is CC(C)OC(=O)/C=C/C(=O)OCCNC(=O)C(C)(C)C. The summed E-state index contributed by atoms with van der Waals surface area (Å²) in [6.07, 6.45) is 1.77. The van der Waals surface area contributed by atoms with Gasteiger partial charge in [0.15, 0.2) is 0 Å². The Balaban J connectivity index is 3.87. The molecule has 0 saturated heterocycles. The van der Waals surface area contributed by atoms with Crippen molar-refractivity contribution in [3.8, 4) is 0 Å². The van der Waals surface area contributed by atoms with Crippen LogP contribution in [0, 0.1) is 5.41 Å². The Morgan fingerprint density at radius 2 is 1.65 bits per heavy atom. The number of carbonyl (C=O) groups excluding carboxylic acids is 3. The van der Waals surface area contributed by atoms with E-state index >= 15 is 0 Å². The molecule has 0 aliphatic rings. The highest BCUT2D eigenvalue weighted by atomic mass is 16.5. The van der Waals surface area contributed by atoms with Crippen molar-refractivity contribution in [2.45, 2.75) is 40.7 Å². The van der Waals surface area contributed by atoms with E-state index in [0.717, 1.165) is 12.2 Å². The largest absolute Gasteiger partial charge is 0.461 e. The second-order valence-electron chi connectivity index (χ2n) is 5.49. The lowest BCUT2D eigenvalue weighted by atomic mass is 9.96. The molecule has 0 aromatic carbocycles. The van der Waals surface area contributed by atoms with Gasteiger partial charge in [-0.25, -0.2) is 9.59 Å². The molecule has 0 aromatic heterocycles. The molecule has 0 atom stereocenters. The Bertz CT molecular complexity index is 380. The molecular formula is C14H23NO5. The van der Waals surface area contributed by atoms with Crippen molar-refractivity contribution in [3.63, 3.8) is 0 Å². The number of hydrogen-bond acceptors (Lipinski definition) is 5. The lowest BCUT2D eigenvalue weighted by molar-refractivity contribution is -0.142. The van der Waals surface area contributed by atoms with Gasteiger partial charge in [-0.1, -0.05) is 20.8 Å². The van der Waals surface area contributed by atoms with Crippen LogP contribution in [0.15, 0.2) is 12.2 Å². The van der Waals surface area contributed by atoms with Crippen LogP contribution in [0.1, 0.15) is 34.6 Å². The maximum atomic E-state index is 11.5. The molecule has 0 unspecified atom stereocenters. The standard InChI is InChI=1S/C14H23NO5/c1-10(2)20-12(17)7-6-11(16)19-9-8-15-13(18)14(3,4)5/h6-7,10H,8-9H2,1-5H3,(H,15,18)/b7-6+. The highest BCUT2D eigenvalue weighted by molar-refractivity contribution is 5.91. The quantitative estimate of drug-likeness (QED) is 0.450. The number of ether oxygens (including phenoxy) is 2. The predicted molar refractivity (Wildman–Crippen MR) is 73.8 cm³/mol. The molecule has 0 rings (SSSR count). The van der Waals surface area contributed by atoms with Crippen molar-refractivity contribution in [1.29, 1.82) is 0 Å². The summed E-state index contributed by atoms with van der Waals surface area (Å²) in [6.45, 7) is 9.06. The Kier molecular flexibility index (Phi) is 7.57. The summed E-state index contributed by atoms with van der Waals surface area (Å²) in [4.78, 5) is 33.9. The molecule has 20 heavy (non-hydrogen) atoms. The molecular weight excluding hydrogens is 262 g/mol. The van der Waals surface area contributed by atoms with E-state index in [4.69, 9.17) is 9.47 Å². The Morgan fingerprint density at radius 3 is 2.15 bits per heavy atom. The normalized spacial score (nSPS) is 11.5. The third-order valence-electron chi connectivity index (χ3n) is 2.02. The number of nitrogens with one attached hydrogen (secondary N) is 1. The van der Waals surface area contributed by atoms with Gasteiger partial charge < -0.3 is 14.8 Å². The number of hydrogen-bond donors (Lipinski definition) is 1. The number of esters is 2. The summed E-state index contributed by atoms with van der Waals surface area (Å²) in [7, 11) is 0. The number of carbonyl (C=O) groups is 3. The third kappa shape index (κ3) is 9.13. The topological polar surface area (TPSA) is 81.7 Å². The first-order valence-corrected chi connectivity index (χ1v) is 6.46. The summed E-state index contributed by atoms with van der Waals surface area (Å²) in [5.74, 6) is -1.38. The smallest absolute Gasteiger partial charge is 0.331 e. The van der Waals surface area contributed by atoms with Crippen LogP contribution in [0.3, 0.4) is 0 Å².